The Morgan fingerprint density at radius 1 is 0.143 bits per heavy atom. The smallest absolute Gasteiger partial charge is 0.0540 e. The van der Waals surface area contributed by atoms with Gasteiger partial charge in [0.1, 0.15) is 0 Å². The molecule has 4 heteroatoms. The van der Waals surface area contributed by atoms with Crippen LogP contribution in [-0.2, 0) is 0 Å². The molecular weight excluding hydrogens is 1020 g/mol. The maximum Gasteiger partial charge on any atom is 0.0540 e. The van der Waals surface area contributed by atoms with Gasteiger partial charge < -0.3 is 19.6 Å². The van der Waals surface area contributed by atoms with Gasteiger partial charge in [0.2, 0.25) is 0 Å². The third-order valence-corrected chi connectivity index (χ3v) is 15.8. The fourth-order valence-corrected chi connectivity index (χ4v) is 11.7. The van der Waals surface area contributed by atoms with Gasteiger partial charge in [-0.15, -0.1) is 0 Å². The van der Waals surface area contributed by atoms with Gasteiger partial charge >= 0.3 is 0 Å². The molecule has 84 heavy (non-hydrogen) atoms. The second-order valence-corrected chi connectivity index (χ2v) is 21.0. The Balaban J connectivity index is 0.814. The summed E-state index contributed by atoms with van der Waals surface area (Å²) in [5.74, 6) is 0. The summed E-state index contributed by atoms with van der Waals surface area (Å²) >= 11 is 0. The van der Waals surface area contributed by atoms with Crippen molar-refractivity contribution in [3.8, 4) is 33.4 Å². The fraction of sp³-hybridized carbons (Fsp3) is 0. The highest BCUT2D eigenvalue weighted by Crippen LogP contribution is 2.45. The van der Waals surface area contributed by atoms with Crippen molar-refractivity contribution >= 4 is 89.8 Å². The third-order valence-electron chi connectivity index (χ3n) is 15.8. The highest BCUT2D eigenvalue weighted by molar-refractivity contribution is 6.00. The zero-order valence-corrected chi connectivity index (χ0v) is 46.3. The second-order valence-electron chi connectivity index (χ2n) is 21.0. The molecule has 0 atom stereocenters. The van der Waals surface area contributed by atoms with Gasteiger partial charge in [0.15, 0.2) is 0 Å². The van der Waals surface area contributed by atoms with Crippen LogP contribution in [0.4, 0.5) is 68.2 Å². The Morgan fingerprint density at radius 3 is 0.750 bits per heavy atom. The van der Waals surface area contributed by atoms with Crippen molar-refractivity contribution in [1.29, 1.82) is 0 Å². The molecule has 14 aromatic rings. The largest absolute Gasteiger partial charge is 0.310 e. The topological polar surface area (TPSA) is 13.0 Å². The van der Waals surface area contributed by atoms with Crippen molar-refractivity contribution in [2.24, 2.45) is 0 Å². The molecule has 0 aliphatic rings. The summed E-state index contributed by atoms with van der Waals surface area (Å²) in [5, 5.41) is 4.80. The van der Waals surface area contributed by atoms with Crippen LogP contribution in [0.5, 0.6) is 0 Å². The molecule has 0 saturated heterocycles. The average molecular weight is 1080 g/mol. The summed E-state index contributed by atoms with van der Waals surface area (Å²) in [7, 11) is 0. The molecule has 0 N–H and O–H groups in total. The van der Waals surface area contributed by atoms with Gasteiger partial charge in [0.25, 0.3) is 0 Å². The molecule has 0 aromatic heterocycles. The monoisotopic (exact) mass is 1070 g/mol. The van der Waals surface area contributed by atoms with E-state index in [4.69, 9.17) is 0 Å². The lowest BCUT2D eigenvalue weighted by atomic mass is 10.0. The maximum atomic E-state index is 2.36. The normalized spacial score (nSPS) is 11.1. The van der Waals surface area contributed by atoms with Crippen LogP contribution < -0.4 is 19.6 Å². The summed E-state index contributed by atoms with van der Waals surface area (Å²) < 4.78 is 0. The highest BCUT2D eigenvalue weighted by Gasteiger charge is 2.21. The van der Waals surface area contributed by atoms with E-state index in [1.165, 1.54) is 32.7 Å². The lowest BCUT2D eigenvalue weighted by molar-refractivity contribution is 1.26. The number of benzene rings is 14. The maximum absolute atomic E-state index is 2.36. The molecule has 0 unspecified atom stereocenters. The van der Waals surface area contributed by atoms with E-state index in [1.807, 2.05) is 0 Å². The number of fused-ring (bicyclic) bond motifs is 2. The molecule has 14 rings (SSSR count). The summed E-state index contributed by atoms with van der Waals surface area (Å²) in [6.45, 7) is 0. The number of rotatable bonds is 15. The standard InChI is InChI=1S/C80H58N4/c1-5-21-59(22-6-1)65-29-17-35-75(57-65)81(71-49-53-73(54-50-71)83(67-31-9-3-10-32-67)79-39-19-27-63-25-13-15-37-77(63)79)69-45-41-61(42-46-69)62-43-47-70(48-44-62)82(76-36-18-30-66(58-76)60-23-7-2-8-24-60)72-51-55-74(56-52-72)84(68-33-11-4-12-34-68)80-40-20-28-64-26-14-16-38-78(64)80/h1-58H. The molecule has 0 radical (unpaired) electrons. The Kier molecular flexibility index (Phi) is 14.0. The van der Waals surface area contributed by atoms with Gasteiger partial charge in [-0.3, -0.25) is 0 Å². The molecule has 0 heterocycles. The Bertz CT molecular complexity index is 4210. The van der Waals surface area contributed by atoms with Crippen LogP contribution in [0.1, 0.15) is 0 Å². The quantitative estimate of drug-likeness (QED) is 0.101. The molecule has 14 aromatic carbocycles. The lowest BCUT2D eigenvalue weighted by Crippen LogP contribution is -2.12. The molecule has 0 bridgehead atoms. The van der Waals surface area contributed by atoms with Crippen molar-refractivity contribution < 1.29 is 0 Å². The van der Waals surface area contributed by atoms with Gasteiger partial charge in [-0.1, -0.05) is 218 Å². The summed E-state index contributed by atoms with van der Waals surface area (Å²) in [5.41, 5.74) is 19.9. The van der Waals surface area contributed by atoms with Crippen LogP contribution in [-0.4, -0.2) is 0 Å². The lowest BCUT2D eigenvalue weighted by Gasteiger charge is -2.29. The van der Waals surface area contributed by atoms with Gasteiger partial charge in [0.05, 0.1) is 11.4 Å². The second kappa shape index (κ2) is 23.1. The van der Waals surface area contributed by atoms with Crippen LogP contribution in [0.3, 0.4) is 0 Å². The number of nitrogens with zero attached hydrogens (tertiary/aromatic N) is 4. The fourth-order valence-electron chi connectivity index (χ4n) is 11.7. The summed E-state index contributed by atoms with van der Waals surface area (Å²) in [4.78, 5) is 9.44. The van der Waals surface area contributed by atoms with Crippen molar-refractivity contribution in [2.75, 3.05) is 19.6 Å². The first-order chi connectivity index (χ1) is 41.7. The number of hydrogen-bond donors (Lipinski definition) is 0. The van der Waals surface area contributed by atoms with Crippen molar-refractivity contribution in [3.63, 3.8) is 0 Å². The molecular formula is C80H58N4. The van der Waals surface area contributed by atoms with Gasteiger partial charge in [-0.2, -0.15) is 0 Å². The molecule has 0 amide bonds. The number of hydrogen-bond acceptors (Lipinski definition) is 4. The van der Waals surface area contributed by atoms with Crippen LogP contribution in [0.2, 0.25) is 0 Å². The van der Waals surface area contributed by atoms with Gasteiger partial charge in [-0.25, -0.2) is 0 Å². The van der Waals surface area contributed by atoms with Crippen LogP contribution in [0.15, 0.2) is 352 Å². The summed E-state index contributed by atoms with van der Waals surface area (Å²) in [6, 6.07) is 127. The van der Waals surface area contributed by atoms with Crippen molar-refractivity contribution in [1.82, 2.24) is 0 Å². The number of anilines is 12. The van der Waals surface area contributed by atoms with E-state index < -0.39 is 0 Å². The van der Waals surface area contributed by atoms with E-state index in [1.54, 1.807) is 0 Å². The number of para-hydroxylation sites is 2. The molecule has 0 fully saturated rings. The molecule has 0 spiro atoms. The molecule has 4 nitrogen and oxygen atoms in total. The first-order valence-electron chi connectivity index (χ1n) is 28.6. The average Bonchev–Trinajstić information content (AvgIpc) is 3.16. The molecule has 0 saturated carbocycles. The van der Waals surface area contributed by atoms with Crippen LogP contribution in [0.25, 0.3) is 54.9 Å². The van der Waals surface area contributed by atoms with Crippen LogP contribution >= 0.6 is 0 Å². The van der Waals surface area contributed by atoms with E-state index in [9.17, 15) is 0 Å². The predicted octanol–water partition coefficient (Wildman–Crippen LogP) is 22.9. The van der Waals surface area contributed by atoms with E-state index in [-0.39, 0.29) is 0 Å². The summed E-state index contributed by atoms with van der Waals surface area (Å²) in [6.07, 6.45) is 0. The Labute approximate surface area is 491 Å². The molecule has 0 aliphatic heterocycles. The molecule has 398 valence electrons. The van der Waals surface area contributed by atoms with Crippen molar-refractivity contribution in [2.45, 2.75) is 0 Å². The minimum Gasteiger partial charge on any atom is -0.310 e. The molecule has 0 aliphatic carbocycles. The van der Waals surface area contributed by atoms with Crippen molar-refractivity contribution in [3.05, 3.63) is 352 Å². The van der Waals surface area contributed by atoms with E-state index in [0.29, 0.717) is 0 Å². The highest BCUT2D eigenvalue weighted by atomic mass is 15.2. The Hall–Kier alpha value is -11.2. The first kappa shape index (κ1) is 51.0. The van der Waals surface area contributed by atoms with Crippen LogP contribution in [0, 0.1) is 0 Å². The SMILES string of the molecule is c1ccc(-c2cccc(N(c3ccc(-c4ccc(N(c5ccc(N(c6ccccc6)c6cccc7ccccc67)cc5)c5cccc(-c6ccccc6)c5)cc4)cc3)c3ccc(N(c4ccccc4)c4cccc5ccccc45)cc3)c2)cc1. The first-order valence-corrected chi connectivity index (χ1v) is 28.6. The zero-order chi connectivity index (χ0) is 56.0. The third kappa shape index (κ3) is 10.3. The van der Waals surface area contributed by atoms with E-state index in [2.05, 4.69) is 371 Å². The zero-order valence-electron chi connectivity index (χ0n) is 46.3. The van der Waals surface area contributed by atoms with Gasteiger partial charge in [0, 0.05) is 67.6 Å². The van der Waals surface area contributed by atoms with E-state index in [0.717, 1.165) is 90.5 Å². The predicted molar refractivity (Wildman–Crippen MR) is 356 cm³/mol. The minimum absolute atomic E-state index is 1.05. The van der Waals surface area contributed by atoms with Gasteiger partial charge in [-0.05, 0) is 178 Å². The van der Waals surface area contributed by atoms with E-state index >= 15 is 0 Å². The minimum atomic E-state index is 1.05. The Morgan fingerprint density at radius 2 is 0.381 bits per heavy atom.